The molecule has 0 amide bonds. The fourth-order valence-electron chi connectivity index (χ4n) is 2.79. The lowest BCUT2D eigenvalue weighted by Gasteiger charge is -2.28. The van der Waals surface area contributed by atoms with Crippen molar-refractivity contribution in [3.05, 3.63) is 11.6 Å². The Balaban J connectivity index is 2.02. The molecule has 2 aliphatic rings. The van der Waals surface area contributed by atoms with Crippen LogP contribution in [-0.4, -0.2) is 11.8 Å². The van der Waals surface area contributed by atoms with Crippen molar-refractivity contribution in [3.63, 3.8) is 0 Å². The fraction of sp³-hybridized carbons (Fsp3) is 0.769. The smallest absolute Gasteiger partial charge is 0.163 e. The van der Waals surface area contributed by atoms with Gasteiger partial charge in [0.25, 0.3) is 0 Å². The van der Waals surface area contributed by atoms with Crippen LogP contribution in [0.15, 0.2) is 11.6 Å². The molecule has 2 atom stereocenters. The maximum Gasteiger partial charge on any atom is 0.163 e. The summed E-state index contributed by atoms with van der Waals surface area (Å²) in [7, 11) is 0. The second kappa shape index (κ2) is 4.93. The minimum atomic E-state index is 0.120. The molecular weight excluding hydrogens is 186 g/mol. The predicted octanol–water partition coefficient (Wildman–Crippen LogP) is 2.57. The molecular formula is C13H21NO. The quantitative estimate of drug-likeness (QED) is 0.756. The predicted molar refractivity (Wildman–Crippen MR) is 61.5 cm³/mol. The molecule has 2 aliphatic carbocycles. The van der Waals surface area contributed by atoms with Crippen molar-refractivity contribution in [2.24, 2.45) is 11.7 Å². The number of allylic oxidation sites excluding steroid dienone is 2. The van der Waals surface area contributed by atoms with Crippen molar-refractivity contribution >= 4 is 5.78 Å². The second-order valence-electron chi connectivity index (χ2n) is 4.89. The highest BCUT2D eigenvalue weighted by Crippen LogP contribution is 2.29. The normalized spacial score (nSPS) is 32.2. The van der Waals surface area contributed by atoms with Crippen molar-refractivity contribution < 1.29 is 4.79 Å². The number of nitrogens with two attached hydrogens (primary N) is 1. The standard InChI is InChI=1S/C13H21NO/c14-12-9-5-4-8-11(12)13(15)10-6-2-1-3-7-10/h6,11-12H,1-5,7-9,14H2. The summed E-state index contributed by atoms with van der Waals surface area (Å²) in [5.41, 5.74) is 7.11. The monoisotopic (exact) mass is 207 g/mol. The number of carbonyl (C=O) groups excluding carboxylic acids is 1. The number of rotatable bonds is 2. The molecule has 2 N–H and O–H groups in total. The Morgan fingerprint density at radius 1 is 1.20 bits per heavy atom. The van der Waals surface area contributed by atoms with Gasteiger partial charge < -0.3 is 5.73 Å². The molecule has 0 aliphatic heterocycles. The van der Waals surface area contributed by atoms with E-state index in [2.05, 4.69) is 6.08 Å². The first-order chi connectivity index (χ1) is 7.29. The van der Waals surface area contributed by atoms with Crippen molar-refractivity contribution in [2.75, 3.05) is 0 Å². The first kappa shape index (κ1) is 10.9. The van der Waals surface area contributed by atoms with E-state index in [0.29, 0.717) is 5.78 Å². The molecule has 0 saturated heterocycles. The first-order valence-corrected chi connectivity index (χ1v) is 6.28. The third kappa shape index (κ3) is 2.49. The van der Waals surface area contributed by atoms with E-state index in [1.54, 1.807) is 0 Å². The van der Waals surface area contributed by atoms with Gasteiger partial charge in [-0.2, -0.15) is 0 Å². The Morgan fingerprint density at radius 3 is 2.67 bits per heavy atom. The minimum absolute atomic E-state index is 0.120. The molecule has 0 spiro atoms. The van der Waals surface area contributed by atoms with E-state index in [9.17, 15) is 4.79 Å². The summed E-state index contributed by atoms with van der Waals surface area (Å²) in [6.07, 6.45) is 11.1. The van der Waals surface area contributed by atoms with Gasteiger partial charge in [-0.3, -0.25) is 4.79 Å². The molecule has 0 aromatic carbocycles. The van der Waals surface area contributed by atoms with E-state index in [4.69, 9.17) is 5.73 Å². The molecule has 0 aromatic rings. The summed E-state index contributed by atoms with van der Waals surface area (Å²) in [5.74, 6) is 0.491. The van der Waals surface area contributed by atoms with Crippen LogP contribution in [-0.2, 0) is 4.79 Å². The Labute approximate surface area is 91.9 Å². The minimum Gasteiger partial charge on any atom is -0.327 e. The number of carbonyl (C=O) groups is 1. The molecule has 0 aromatic heterocycles. The van der Waals surface area contributed by atoms with Gasteiger partial charge in [0.15, 0.2) is 5.78 Å². The topological polar surface area (TPSA) is 43.1 Å². The average Bonchev–Trinajstić information content (AvgIpc) is 2.30. The van der Waals surface area contributed by atoms with Crippen LogP contribution in [0.5, 0.6) is 0 Å². The van der Waals surface area contributed by atoms with Crippen LogP contribution in [0.4, 0.5) is 0 Å². The maximum atomic E-state index is 12.2. The lowest BCUT2D eigenvalue weighted by atomic mass is 9.78. The van der Waals surface area contributed by atoms with E-state index in [-0.39, 0.29) is 12.0 Å². The number of ketones is 1. The summed E-state index contributed by atoms with van der Waals surface area (Å²) >= 11 is 0. The lowest BCUT2D eigenvalue weighted by molar-refractivity contribution is -0.120. The van der Waals surface area contributed by atoms with Gasteiger partial charge in [-0.05, 0) is 44.1 Å². The van der Waals surface area contributed by atoms with Gasteiger partial charge in [0.05, 0.1) is 0 Å². The van der Waals surface area contributed by atoms with Crippen LogP contribution < -0.4 is 5.73 Å². The summed E-state index contributed by atoms with van der Waals surface area (Å²) < 4.78 is 0. The highest BCUT2D eigenvalue weighted by Gasteiger charge is 2.30. The third-order valence-corrected chi connectivity index (χ3v) is 3.76. The molecule has 1 fully saturated rings. The maximum absolute atomic E-state index is 12.2. The zero-order valence-corrected chi connectivity index (χ0v) is 9.37. The molecule has 2 nitrogen and oxygen atoms in total. The van der Waals surface area contributed by atoms with E-state index in [1.165, 1.54) is 25.7 Å². The summed E-state index contributed by atoms with van der Waals surface area (Å²) in [5, 5.41) is 0. The van der Waals surface area contributed by atoms with Gasteiger partial charge >= 0.3 is 0 Å². The Bertz CT molecular complexity index is 270. The highest BCUT2D eigenvalue weighted by atomic mass is 16.1. The largest absolute Gasteiger partial charge is 0.327 e. The molecule has 2 unspecified atom stereocenters. The van der Waals surface area contributed by atoms with Crippen molar-refractivity contribution in [2.45, 2.75) is 57.4 Å². The molecule has 15 heavy (non-hydrogen) atoms. The third-order valence-electron chi connectivity index (χ3n) is 3.76. The van der Waals surface area contributed by atoms with E-state index >= 15 is 0 Å². The number of Topliss-reactive ketones (excluding diaryl/α,β-unsaturated/α-hetero) is 1. The van der Waals surface area contributed by atoms with Crippen molar-refractivity contribution in [1.29, 1.82) is 0 Å². The van der Waals surface area contributed by atoms with Crippen LogP contribution in [0.2, 0.25) is 0 Å². The Hall–Kier alpha value is -0.630. The number of hydrogen-bond donors (Lipinski definition) is 1. The van der Waals surface area contributed by atoms with Crippen LogP contribution >= 0.6 is 0 Å². The van der Waals surface area contributed by atoms with Crippen LogP contribution in [0.3, 0.4) is 0 Å². The fourth-order valence-corrected chi connectivity index (χ4v) is 2.79. The Morgan fingerprint density at radius 2 is 2.00 bits per heavy atom. The highest BCUT2D eigenvalue weighted by molar-refractivity contribution is 5.97. The van der Waals surface area contributed by atoms with Gasteiger partial charge in [0, 0.05) is 12.0 Å². The van der Waals surface area contributed by atoms with Crippen molar-refractivity contribution in [3.8, 4) is 0 Å². The zero-order chi connectivity index (χ0) is 10.7. The van der Waals surface area contributed by atoms with Crippen LogP contribution in [0.25, 0.3) is 0 Å². The van der Waals surface area contributed by atoms with E-state index < -0.39 is 0 Å². The summed E-state index contributed by atoms with van der Waals surface area (Å²) in [6, 6.07) is 0.120. The summed E-state index contributed by atoms with van der Waals surface area (Å²) in [4.78, 5) is 12.2. The van der Waals surface area contributed by atoms with Gasteiger partial charge in [-0.15, -0.1) is 0 Å². The lowest BCUT2D eigenvalue weighted by Crippen LogP contribution is -2.38. The van der Waals surface area contributed by atoms with E-state index in [0.717, 1.165) is 31.3 Å². The van der Waals surface area contributed by atoms with Gasteiger partial charge in [-0.25, -0.2) is 0 Å². The van der Waals surface area contributed by atoms with Crippen LogP contribution in [0.1, 0.15) is 51.4 Å². The number of hydrogen-bond acceptors (Lipinski definition) is 2. The molecule has 0 heterocycles. The first-order valence-electron chi connectivity index (χ1n) is 6.28. The SMILES string of the molecule is NC1CCCCC1C(=O)C1=CCCCC1. The molecule has 84 valence electrons. The van der Waals surface area contributed by atoms with Crippen LogP contribution in [0, 0.1) is 5.92 Å². The van der Waals surface area contributed by atoms with Gasteiger partial charge in [0.1, 0.15) is 0 Å². The molecule has 0 bridgehead atoms. The molecule has 1 saturated carbocycles. The van der Waals surface area contributed by atoms with Gasteiger partial charge in [-0.1, -0.05) is 18.9 Å². The molecule has 0 radical (unpaired) electrons. The second-order valence-corrected chi connectivity index (χ2v) is 4.89. The average molecular weight is 207 g/mol. The summed E-state index contributed by atoms with van der Waals surface area (Å²) in [6.45, 7) is 0. The van der Waals surface area contributed by atoms with E-state index in [1.807, 2.05) is 0 Å². The Kier molecular flexibility index (Phi) is 3.57. The van der Waals surface area contributed by atoms with Gasteiger partial charge in [0.2, 0.25) is 0 Å². The van der Waals surface area contributed by atoms with Crippen molar-refractivity contribution in [1.82, 2.24) is 0 Å². The zero-order valence-electron chi connectivity index (χ0n) is 9.37. The molecule has 2 heteroatoms. The molecule has 2 rings (SSSR count).